The maximum absolute atomic E-state index is 5.57. The van der Waals surface area contributed by atoms with Crippen LogP contribution in [0.4, 0.5) is 17.8 Å². The number of hydrogen-bond donors (Lipinski definition) is 0. The number of rotatable bonds is 3. The molecule has 0 aromatic carbocycles. The van der Waals surface area contributed by atoms with Gasteiger partial charge in [0.1, 0.15) is 0 Å². The number of anilines is 3. The number of hydrogen-bond acceptors (Lipinski definition) is 7. The van der Waals surface area contributed by atoms with Crippen LogP contribution >= 0.6 is 0 Å². The zero-order valence-corrected chi connectivity index (χ0v) is 18.6. The van der Waals surface area contributed by atoms with E-state index in [1.54, 1.807) is 0 Å². The Morgan fingerprint density at radius 3 is 1.50 bits per heavy atom. The molecule has 32 heavy (non-hydrogen) atoms. The smallest absolute Gasteiger partial charge is 0.232 e. The average molecular weight is 433 g/mol. The second-order valence-corrected chi connectivity index (χ2v) is 9.50. The lowest BCUT2D eigenvalue weighted by Crippen LogP contribution is -2.44. The van der Waals surface area contributed by atoms with E-state index in [1.807, 2.05) is 0 Å². The molecule has 5 aliphatic rings. The summed E-state index contributed by atoms with van der Waals surface area (Å²) in [7, 11) is 0. The highest BCUT2D eigenvalue weighted by molar-refractivity contribution is 5.48. The third-order valence-electron chi connectivity index (χ3n) is 7.54. The summed E-state index contributed by atoms with van der Waals surface area (Å²) < 4.78 is 5.57. The molecule has 1 aromatic rings. The molecular formula is C25H32N6O. The minimum atomic E-state index is 0.538. The van der Waals surface area contributed by atoms with Crippen LogP contribution in [-0.2, 0) is 4.74 Å². The van der Waals surface area contributed by atoms with Gasteiger partial charge in [-0.25, -0.2) is 0 Å². The Bertz CT molecular complexity index is 886. The largest absolute Gasteiger partial charge is 0.378 e. The monoisotopic (exact) mass is 432 g/mol. The van der Waals surface area contributed by atoms with Gasteiger partial charge in [0.05, 0.1) is 13.2 Å². The molecule has 0 radical (unpaired) electrons. The first kappa shape index (κ1) is 20.0. The highest BCUT2D eigenvalue weighted by Gasteiger charge is 2.32. The van der Waals surface area contributed by atoms with Gasteiger partial charge in [0.25, 0.3) is 0 Å². The number of allylic oxidation sites excluding steroid dienone is 6. The molecule has 4 unspecified atom stereocenters. The Morgan fingerprint density at radius 2 is 1.00 bits per heavy atom. The van der Waals surface area contributed by atoms with Crippen molar-refractivity contribution >= 4 is 17.8 Å². The van der Waals surface area contributed by atoms with Crippen molar-refractivity contribution in [3.8, 4) is 0 Å². The van der Waals surface area contributed by atoms with Crippen LogP contribution in [0.15, 0.2) is 48.6 Å². The fourth-order valence-corrected chi connectivity index (χ4v) is 5.61. The molecule has 0 N–H and O–H groups in total. The second-order valence-electron chi connectivity index (χ2n) is 9.50. The summed E-state index contributed by atoms with van der Waals surface area (Å²) in [6, 6.07) is 0. The zero-order chi connectivity index (χ0) is 21.3. The van der Waals surface area contributed by atoms with Crippen LogP contribution in [0, 0.1) is 23.7 Å². The van der Waals surface area contributed by atoms with Crippen LogP contribution in [-0.4, -0.2) is 67.4 Å². The minimum Gasteiger partial charge on any atom is -0.378 e. The van der Waals surface area contributed by atoms with Gasteiger partial charge in [-0.2, -0.15) is 15.0 Å². The minimum absolute atomic E-state index is 0.538. The Labute approximate surface area is 190 Å². The summed E-state index contributed by atoms with van der Waals surface area (Å²) in [5.74, 6) is 4.82. The van der Waals surface area contributed by atoms with Crippen LogP contribution in [0.5, 0.6) is 0 Å². The highest BCUT2D eigenvalue weighted by atomic mass is 16.5. The van der Waals surface area contributed by atoms with Gasteiger partial charge in [0.2, 0.25) is 17.8 Å². The third-order valence-corrected chi connectivity index (χ3v) is 7.54. The van der Waals surface area contributed by atoms with Gasteiger partial charge in [0, 0.05) is 51.1 Å². The number of fused-ring (bicyclic) bond motifs is 2. The Hall–Kier alpha value is -2.67. The van der Waals surface area contributed by atoms with E-state index in [4.69, 9.17) is 19.7 Å². The Balaban J connectivity index is 1.29. The molecular weight excluding hydrogens is 400 g/mol. The normalized spacial score (nSPS) is 31.6. The average Bonchev–Trinajstić information content (AvgIpc) is 2.88. The fraction of sp³-hybridized carbons (Fsp3) is 0.560. The van der Waals surface area contributed by atoms with Crippen molar-refractivity contribution in [1.82, 2.24) is 15.0 Å². The van der Waals surface area contributed by atoms with E-state index in [-0.39, 0.29) is 0 Å². The maximum Gasteiger partial charge on any atom is 0.232 e. The van der Waals surface area contributed by atoms with Crippen LogP contribution in [0.2, 0.25) is 0 Å². The van der Waals surface area contributed by atoms with E-state index >= 15 is 0 Å². The lowest BCUT2D eigenvalue weighted by Gasteiger charge is -2.39. The number of nitrogens with zero attached hydrogens (tertiary/aromatic N) is 6. The standard InChI is InChI=1S/C25H32N6O/c1-3-7-21-17-30(11-9-19(21)5-1)24-26-23(29-13-15-32-16-14-29)27-25(28-24)31-12-10-20-6-2-4-8-22(20)18-31/h1-8,19-22H,9-18H2. The van der Waals surface area contributed by atoms with Crippen molar-refractivity contribution in [2.75, 3.05) is 67.2 Å². The van der Waals surface area contributed by atoms with E-state index < -0.39 is 0 Å². The molecule has 7 heteroatoms. The molecule has 0 saturated carbocycles. The predicted molar refractivity (Wildman–Crippen MR) is 127 cm³/mol. The van der Waals surface area contributed by atoms with Gasteiger partial charge in [-0.1, -0.05) is 48.6 Å². The Kier molecular flexibility index (Phi) is 5.43. The van der Waals surface area contributed by atoms with E-state index in [0.717, 1.165) is 83.2 Å². The lowest BCUT2D eigenvalue weighted by molar-refractivity contribution is 0.122. The van der Waals surface area contributed by atoms with Gasteiger partial charge >= 0.3 is 0 Å². The maximum atomic E-state index is 5.57. The summed E-state index contributed by atoms with van der Waals surface area (Å²) in [6.45, 7) is 7.04. The molecule has 3 saturated heterocycles. The van der Waals surface area contributed by atoms with Gasteiger partial charge in [-0.05, 0) is 24.7 Å². The molecule has 3 aliphatic heterocycles. The van der Waals surface area contributed by atoms with E-state index in [2.05, 4.69) is 63.3 Å². The van der Waals surface area contributed by atoms with Crippen molar-refractivity contribution in [3.05, 3.63) is 48.6 Å². The van der Waals surface area contributed by atoms with Crippen molar-refractivity contribution in [1.29, 1.82) is 0 Å². The van der Waals surface area contributed by atoms with Crippen LogP contribution in [0.25, 0.3) is 0 Å². The molecule has 0 amide bonds. The quantitative estimate of drug-likeness (QED) is 0.728. The number of aromatic nitrogens is 3. The summed E-state index contributed by atoms with van der Waals surface area (Å²) in [5, 5.41) is 0. The van der Waals surface area contributed by atoms with Gasteiger partial charge in [0.15, 0.2) is 0 Å². The molecule has 168 valence electrons. The highest BCUT2D eigenvalue weighted by Crippen LogP contribution is 2.33. The molecule has 0 bridgehead atoms. The molecule has 4 atom stereocenters. The SMILES string of the molecule is C1=CC2CCN(c3nc(N4CCOCC4)nc(N4CCC5C=CC=CC5C4)n3)CC2C=C1. The second kappa shape index (κ2) is 8.70. The van der Waals surface area contributed by atoms with Crippen LogP contribution in [0.1, 0.15) is 12.8 Å². The van der Waals surface area contributed by atoms with Crippen molar-refractivity contribution < 1.29 is 4.74 Å². The first-order valence-corrected chi connectivity index (χ1v) is 12.1. The summed E-state index contributed by atoms with van der Waals surface area (Å²) >= 11 is 0. The van der Waals surface area contributed by atoms with Crippen molar-refractivity contribution in [3.63, 3.8) is 0 Å². The number of piperidine rings is 2. The van der Waals surface area contributed by atoms with Crippen molar-refractivity contribution in [2.24, 2.45) is 23.7 Å². The van der Waals surface area contributed by atoms with Crippen LogP contribution < -0.4 is 14.7 Å². The van der Waals surface area contributed by atoms with Crippen LogP contribution in [0.3, 0.4) is 0 Å². The molecule has 3 fully saturated rings. The fourth-order valence-electron chi connectivity index (χ4n) is 5.61. The van der Waals surface area contributed by atoms with Crippen molar-refractivity contribution in [2.45, 2.75) is 12.8 Å². The van der Waals surface area contributed by atoms with E-state index in [1.165, 1.54) is 0 Å². The molecule has 1 aromatic heterocycles. The summed E-state index contributed by atoms with van der Waals surface area (Å²) in [6.07, 6.45) is 20.4. The molecule has 6 rings (SSSR count). The first-order chi connectivity index (χ1) is 15.8. The molecule has 4 heterocycles. The lowest BCUT2D eigenvalue weighted by atomic mass is 9.83. The topological polar surface area (TPSA) is 57.6 Å². The van der Waals surface area contributed by atoms with Gasteiger partial charge < -0.3 is 19.4 Å². The van der Waals surface area contributed by atoms with Gasteiger partial charge in [-0.15, -0.1) is 0 Å². The molecule has 7 nitrogen and oxygen atoms in total. The Morgan fingerprint density at radius 1 is 0.562 bits per heavy atom. The zero-order valence-electron chi connectivity index (χ0n) is 18.6. The van der Waals surface area contributed by atoms with E-state index in [9.17, 15) is 0 Å². The first-order valence-electron chi connectivity index (χ1n) is 12.1. The molecule has 2 aliphatic carbocycles. The summed E-state index contributed by atoms with van der Waals surface area (Å²) in [4.78, 5) is 22.0. The van der Waals surface area contributed by atoms with Gasteiger partial charge in [-0.3, -0.25) is 0 Å². The third kappa shape index (κ3) is 3.94. The molecule has 0 spiro atoms. The number of morpholine rings is 1. The number of ether oxygens (including phenoxy) is 1. The predicted octanol–water partition coefficient (Wildman–Crippen LogP) is 2.85. The van der Waals surface area contributed by atoms with E-state index in [0.29, 0.717) is 23.7 Å². The summed E-state index contributed by atoms with van der Waals surface area (Å²) in [5.41, 5.74) is 0.